The van der Waals surface area contributed by atoms with Crippen molar-refractivity contribution in [2.45, 2.75) is 86.0 Å². The van der Waals surface area contributed by atoms with Gasteiger partial charge in [-0.3, -0.25) is 0 Å². The van der Waals surface area contributed by atoms with Gasteiger partial charge < -0.3 is 0 Å². The summed E-state index contributed by atoms with van der Waals surface area (Å²) in [6.45, 7) is 21.0. The Kier molecular flexibility index (Phi) is 7.89. The zero-order chi connectivity index (χ0) is 32.5. The molecular weight excluding hydrogens is 561 g/mol. The average molecular weight is 613 g/mol. The molecule has 0 aromatic heterocycles. The lowest BCUT2D eigenvalue weighted by atomic mass is 9.85. The Labute approximate surface area is 275 Å². The van der Waals surface area contributed by atoms with E-state index in [1.54, 1.807) is 21.0 Å². The Morgan fingerprint density at radius 2 is 0.933 bits per heavy atom. The molecule has 1 heteroatoms. The van der Waals surface area contributed by atoms with E-state index in [0.29, 0.717) is 5.92 Å². The van der Waals surface area contributed by atoms with Crippen LogP contribution in [0.2, 0.25) is 0 Å². The van der Waals surface area contributed by atoms with Gasteiger partial charge in [-0.25, -0.2) is 0 Å². The molecule has 0 saturated heterocycles. The molecule has 2 aliphatic carbocycles. The van der Waals surface area contributed by atoms with E-state index in [0.717, 1.165) is 12.8 Å². The summed E-state index contributed by atoms with van der Waals surface area (Å²) < 4.78 is 0. The molecule has 4 aromatic rings. The summed E-state index contributed by atoms with van der Waals surface area (Å²) in [5.74, 6) is 0.504. The summed E-state index contributed by atoms with van der Waals surface area (Å²) >= 11 is 0. The highest BCUT2D eigenvalue weighted by Gasteiger charge is 2.38. The van der Waals surface area contributed by atoms with Crippen LogP contribution in [0.1, 0.15) is 95.7 Å². The van der Waals surface area contributed by atoms with E-state index in [9.17, 15) is 0 Å². The molecule has 4 aromatic carbocycles. The van der Waals surface area contributed by atoms with E-state index in [-0.39, 0.29) is 10.8 Å². The minimum atomic E-state index is -1.30. The fourth-order valence-corrected chi connectivity index (χ4v) is 11.3. The van der Waals surface area contributed by atoms with Gasteiger partial charge in [-0.2, -0.15) is 10.0 Å². The lowest BCUT2D eigenvalue weighted by molar-refractivity contribution is 0.590. The highest BCUT2D eigenvalue weighted by Crippen LogP contribution is 2.70. The van der Waals surface area contributed by atoms with E-state index < -0.39 is 10.0 Å². The maximum absolute atomic E-state index is 2.57. The molecule has 0 spiro atoms. The van der Waals surface area contributed by atoms with Gasteiger partial charge in [-0.05, 0) is 105 Å². The predicted octanol–water partition coefficient (Wildman–Crippen LogP) is 12.6. The standard InChI is InChI=1S/C44H52S/c1-28(2)38-27-40-35(31-20-24-33(25-21-31)44(7,8)9)15-13-17-37(40)42(38)45(10,11)41-29(3)26-39-34(14-12-16-36(39)41)30-18-22-32(23-19-30)43(4,5)6/h12-25,28H,26-27H2,1-11H3. The average Bonchev–Trinajstić information content (AvgIpc) is 3.55. The number of hydrogen-bond donors (Lipinski definition) is 0. The molecule has 0 aliphatic heterocycles. The summed E-state index contributed by atoms with van der Waals surface area (Å²) in [7, 11) is -1.30. The van der Waals surface area contributed by atoms with E-state index in [2.05, 4.69) is 160 Å². The van der Waals surface area contributed by atoms with Crippen molar-refractivity contribution in [1.82, 2.24) is 0 Å². The van der Waals surface area contributed by atoms with Crippen LogP contribution in [0.4, 0.5) is 0 Å². The van der Waals surface area contributed by atoms with Crippen LogP contribution in [0.15, 0.2) is 96.1 Å². The van der Waals surface area contributed by atoms with Crippen LogP contribution in [-0.4, -0.2) is 12.5 Å². The van der Waals surface area contributed by atoms with Gasteiger partial charge in [0, 0.05) is 9.81 Å². The molecule has 0 bridgehead atoms. The SMILES string of the molecule is CC1=C(S(C)(C)C2=C(C(C)C)Cc3c2cccc3-c2ccc(C(C)(C)C)cc2)c2cccc(-c3ccc(C(C)(C)C)cc3)c2C1. The Hall–Kier alpha value is -3.29. The van der Waals surface area contributed by atoms with Gasteiger partial charge in [0.05, 0.1) is 0 Å². The third-order valence-corrected chi connectivity index (χ3v) is 13.3. The Bertz CT molecular complexity index is 1830. The quantitative estimate of drug-likeness (QED) is 0.210. The van der Waals surface area contributed by atoms with Gasteiger partial charge in [0.15, 0.2) is 0 Å². The smallest absolute Gasteiger partial charge is 0.000995 e. The Balaban J connectivity index is 1.43. The van der Waals surface area contributed by atoms with Crippen molar-refractivity contribution in [2.24, 2.45) is 5.92 Å². The van der Waals surface area contributed by atoms with Crippen LogP contribution in [0, 0.1) is 5.92 Å². The highest BCUT2D eigenvalue weighted by atomic mass is 32.3. The first-order chi connectivity index (χ1) is 21.1. The zero-order valence-corrected chi connectivity index (χ0v) is 30.3. The highest BCUT2D eigenvalue weighted by molar-refractivity contribution is 8.46. The van der Waals surface area contributed by atoms with E-state index in [4.69, 9.17) is 0 Å². The third-order valence-electron chi connectivity index (χ3n) is 10.2. The fraction of sp³-hybridized carbons (Fsp3) is 0.364. The summed E-state index contributed by atoms with van der Waals surface area (Å²) in [6.07, 6.45) is 7.23. The summed E-state index contributed by atoms with van der Waals surface area (Å²) in [4.78, 5) is 3.23. The number of hydrogen-bond acceptors (Lipinski definition) is 0. The van der Waals surface area contributed by atoms with Crippen LogP contribution in [0.25, 0.3) is 32.1 Å². The maximum Gasteiger partial charge on any atom is 0.000995 e. The second-order valence-corrected chi connectivity index (χ2v) is 19.6. The van der Waals surface area contributed by atoms with Crippen molar-refractivity contribution in [3.63, 3.8) is 0 Å². The Morgan fingerprint density at radius 3 is 1.36 bits per heavy atom. The number of fused-ring (bicyclic) bond motifs is 2. The molecule has 2 aliphatic rings. The molecule has 45 heavy (non-hydrogen) atoms. The Morgan fingerprint density at radius 1 is 0.533 bits per heavy atom. The lowest BCUT2D eigenvalue weighted by Gasteiger charge is -2.38. The summed E-state index contributed by atoms with van der Waals surface area (Å²) in [5, 5.41) is 0. The first-order valence-corrected chi connectivity index (χ1v) is 19.2. The van der Waals surface area contributed by atoms with Crippen LogP contribution in [0.3, 0.4) is 0 Å². The normalized spacial score (nSPS) is 15.6. The molecule has 0 N–H and O–H groups in total. The van der Waals surface area contributed by atoms with Gasteiger partial charge in [-0.15, -0.1) is 0 Å². The van der Waals surface area contributed by atoms with Gasteiger partial charge in [0.1, 0.15) is 0 Å². The molecule has 0 nitrogen and oxygen atoms in total. The van der Waals surface area contributed by atoms with Crippen LogP contribution < -0.4 is 0 Å². The van der Waals surface area contributed by atoms with Crippen molar-refractivity contribution < 1.29 is 0 Å². The fourth-order valence-electron chi connectivity index (χ4n) is 7.72. The molecular formula is C44H52S. The topological polar surface area (TPSA) is 0 Å². The molecule has 0 amide bonds. The van der Waals surface area contributed by atoms with Gasteiger partial charge in [0.25, 0.3) is 0 Å². The van der Waals surface area contributed by atoms with Crippen LogP contribution in [-0.2, 0) is 23.7 Å². The minimum absolute atomic E-state index is 0.156. The van der Waals surface area contributed by atoms with E-state index >= 15 is 0 Å². The summed E-state index contributed by atoms with van der Waals surface area (Å²) in [6, 6.07) is 32.8. The van der Waals surface area contributed by atoms with Gasteiger partial charge in [0.2, 0.25) is 0 Å². The maximum atomic E-state index is 2.57. The summed E-state index contributed by atoms with van der Waals surface area (Å²) in [5.41, 5.74) is 17.7. The van der Waals surface area contributed by atoms with Gasteiger partial charge in [-0.1, -0.05) is 151 Å². The van der Waals surface area contributed by atoms with Gasteiger partial charge >= 0.3 is 0 Å². The third kappa shape index (κ3) is 5.56. The largest absolute Gasteiger partial charge is 0.192 e. The van der Waals surface area contributed by atoms with E-state index in [1.165, 1.54) is 55.6 Å². The van der Waals surface area contributed by atoms with Crippen molar-refractivity contribution in [2.75, 3.05) is 12.5 Å². The second kappa shape index (κ2) is 11.2. The second-order valence-electron chi connectivity index (χ2n) is 16.1. The lowest BCUT2D eigenvalue weighted by Crippen LogP contribution is -2.10. The molecule has 0 heterocycles. The first-order valence-electron chi connectivity index (χ1n) is 16.7. The molecule has 0 fully saturated rings. The molecule has 0 atom stereocenters. The molecule has 0 saturated carbocycles. The molecule has 0 radical (unpaired) electrons. The molecule has 0 unspecified atom stereocenters. The predicted molar refractivity (Wildman–Crippen MR) is 202 cm³/mol. The minimum Gasteiger partial charge on any atom is -0.192 e. The zero-order valence-electron chi connectivity index (χ0n) is 29.5. The number of allylic oxidation sites excluding steroid dienone is 2. The number of benzene rings is 4. The monoisotopic (exact) mass is 612 g/mol. The molecule has 6 rings (SSSR count). The van der Waals surface area contributed by atoms with E-state index in [1.807, 2.05) is 0 Å². The van der Waals surface area contributed by atoms with Crippen molar-refractivity contribution >= 4 is 19.8 Å². The molecule has 234 valence electrons. The van der Waals surface area contributed by atoms with Crippen molar-refractivity contribution in [3.8, 4) is 22.3 Å². The first kappa shape index (κ1) is 31.7. The van der Waals surface area contributed by atoms with Crippen LogP contribution in [0.5, 0.6) is 0 Å². The van der Waals surface area contributed by atoms with Crippen LogP contribution >= 0.6 is 10.0 Å². The number of rotatable bonds is 5. The van der Waals surface area contributed by atoms with Crippen molar-refractivity contribution in [1.29, 1.82) is 0 Å². The van der Waals surface area contributed by atoms with Crippen molar-refractivity contribution in [3.05, 3.63) is 129 Å².